The molecule has 0 aliphatic carbocycles. The van der Waals surface area contributed by atoms with Gasteiger partial charge in [0, 0.05) is 22.6 Å². The molecular formula is C28H41BrFN7O2. The maximum Gasteiger partial charge on any atom is 0.258 e. The van der Waals surface area contributed by atoms with Gasteiger partial charge in [-0.1, -0.05) is 35.8 Å². The van der Waals surface area contributed by atoms with Crippen molar-refractivity contribution in [2.75, 3.05) is 33.8 Å². The summed E-state index contributed by atoms with van der Waals surface area (Å²) >= 11 is 3.47. The van der Waals surface area contributed by atoms with Gasteiger partial charge in [0.25, 0.3) is 5.91 Å². The normalized spacial score (nSPS) is 12.3. The van der Waals surface area contributed by atoms with E-state index in [0.29, 0.717) is 24.2 Å². The number of aryl methyl sites for hydroxylation is 1. The molecule has 214 valence electrons. The number of hydrogen-bond acceptors (Lipinski definition) is 5. The van der Waals surface area contributed by atoms with Gasteiger partial charge in [-0.3, -0.25) is 10.1 Å². The van der Waals surface area contributed by atoms with Gasteiger partial charge in [-0.2, -0.15) is 0 Å². The maximum absolute atomic E-state index is 15.0. The zero-order valence-corrected chi connectivity index (χ0v) is 25.1. The third-order valence-electron chi connectivity index (χ3n) is 6.38. The zero-order chi connectivity index (χ0) is 28.9. The molecule has 0 heterocycles. The van der Waals surface area contributed by atoms with Gasteiger partial charge >= 0.3 is 0 Å². The lowest BCUT2D eigenvalue weighted by Crippen LogP contribution is -2.42. The SMILES string of the molecule is CCN(CC)CCCC(C)N=C(NC(=O)c1cccc(F)c1CCc1cc(Br)ccc1OC)N(C)N=C(N)N. The third-order valence-corrected chi connectivity index (χ3v) is 6.87. The minimum absolute atomic E-state index is 0.108. The van der Waals surface area contributed by atoms with Gasteiger partial charge in [0.2, 0.25) is 11.9 Å². The second-order valence-electron chi connectivity index (χ2n) is 9.20. The van der Waals surface area contributed by atoms with Crippen LogP contribution in [0.25, 0.3) is 0 Å². The number of methoxy groups -OCH3 is 1. The molecule has 0 radical (unpaired) electrons. The summed E-state index contributed by atoms with van der Waals surface area (Å²) in [6, 6.07) is 10.0. The third kappa shape index (κ3) is 10.1. The zero-order valence-electron chi connectivity index (χ0n) is 23.5. The van der Waals surface area contributed by atoms with Crippen LogP contribution in [0.15, 0.2) is 51.0 Å². The summed E-state index contributed by atoms with van der Waals surface area (Å²) in [7, 11) is 3.18. The van der Waals surface area contributed by atoms with Crippen LogP contribution in [-0.4, -0.2) is 67.6 Å². The summed E-state index contributed by atoms with van der Waals surface area (Å²) in [6.07, 6.45) is 2.53. The van der Waals surface area contributed by atoms with E-state index in [4.69, 9.17) is 16.2 Å². The number of carbonyl (C=O) groups excluding carboxylic acids is 1. The predicted molar refractivity (Wildman–Crippen MR) is 159 cm³/mol. The Morgan fingerprint density at radius 3 is 2.54 bits per heavy atom. The van der Waals surface area contributed by atoms with Crippen LogP contribution < -0.4 is 21.5 Å². The summed E-state index contributed by atoms with van der Waals surface area (Å²) in [6.45, 7) is 9.20. The molecule has 0 aliphatic heterocycles. The van der Waals surface area contributed by atoms with E-state index in [1.165, 1.54) is 17.1 Å². The highest BCUT2D eigenvalue weighted by Gasteiger charge is 2.20. The highest BCUT2D eigenvalue weighted by Crippen LogP contribution is 2.25. The van der Waals surface area contributed by atoms with E-state index in [1.54, 1.807) is 20.2 Å². The van der Waals surface area contributed by atoms with Gasteiger partial charge < -0.3 is 21.1 Å². The molecule has 1 atom stereocenters. The molecule has 11 heteroatoms. The molecule has 0 aromatic heterocycles. The van der Waals surface area contributed by atoms with Gasteiger partial charge in [0.05, 0.1) is 13.2 Å². The number of nitrogens with one attached hydrogen (secondary N) is 1. The summed E-state index contributed by atoms with van der Waals surface area (Å²) < 4.78 is 21.3. The first kappa shape index (κ1) is 32.0. The fourth-order valence-electron chi connectivity index (χ4n) is 4.24. The van der Waals surface area contributed by atoms with E-state index >= 15 is 0 Å². The Morgan fingerprint density at radius 1 is 1.18 bits per heavy atom. The first-order valence-corrected chi connectivity index (χ1v) is 13.9. The molecule has 1 amide bonds. The summed E-state index contributed by atoms with van der Waals surface area (Å²) in [5.41, 5.74) is 12.6. The number of halogens is 2. The minimum atomic E-state index is -0.502. The smallest absolute Gasteiger partial charge is 0.258 e. The fourth-order valence-corrected chi connectivity index (χ4v) is 4.65. The van der Waals surface area contributed by atoms with Gasteiger partial charge in [-0.25, -0.2) is 14.4 Å². The summed E-state index contributed by atoms with van der Waals surface area (Å²) in [4.78, 5) is 20.5. The number of amides is 1. The molecule has 0 spiro atoms. The van der Waals surface area contributed by atoms with E-state index in [-0.39, 0.29) is 23.5 Å². The Morgan fingerprint density at radius 2 is 1.90 bits per heavy atom. The molecule has 9 nitrogen and oxygen atoms in total. The molecule has 39 heavy (non-hydrogen) atoms. The highest BCUT2D eigenvalue weighted by atomic mass is 79.9. The number of hydrogen-bond donors (Lipinski definition) is 3. The van der Waals surface area contributed by atoms with E-state index in [0.717, 1.165) is 42.5 Å². The predicted octanol–water partition coefficient (Wildman–Crippen LogP) is 4.10. The van der Waals surface area contributed by atoms with Crippen molar-refractivity contribution in [1.82, 2.24) is 15.2 Å². The van der Waals surface area contributed by atoms with Gasteiger partial charge in [0.15, 0.2) is 0 Å². The van der Waals surface area contributed by atoms with Crippen molar-refractivity contribution in [3.05, 3.63) is 63.4 Å². The molecule has 2 rings (SSSR count). The van der Waals surface area contributed by atoms with Crippen molar-refractivity contribution >= 4 is 33.8 Å². The van der Waals surface area contributed by atoms with E-state index in [2.05, 4.69) is 50.1 Å². The Labute approximate surface area is 239 Å². The second kappa shape index (κ2) is 16.0. The topological polar surface area (TPSA) is 122 Å². The Hall–Kier alpha value is -3.18. The molecule has 2 aromatic carbocycles. The van der Waals surface area contributed by atoms with Gasteiger partial charge in [0.1, 0.15) is 11.6 Å². The lowest BCUT2D eigenvalue weighted by molar-refractivity contribution is 0.0971. The number of rotatable bonds is 13. The number of aliphatic imine (C=N–C) groups is 1. The van der Waals surface area contributed by atoms with Crippen LogP contribution in [0.1, 0.15) is 55.1 Å². The first-order valence-electron chi connectivity index (χ1n) is 13.1. The number of benzene rings is 2. The molecule has 5 N–H and O–H groups in total. The second-order valence-corrected chi connectivity index (χ2v) is 10.1. The summed E-state index contributed by atoms with van der Waals surface area (Å²) in [5, 5.41) is 8.13. The molecule has 0 saturated carbocycles. The van der Waals surface area contributed by atoms with Crippen LogP contribution in [0.4, 0.5) is 4.39 Å². The van der Waals surface area contributed by atoms with E-state index in [9.17, 15) is 9.18 Å². The van der Waals surface area contributed by atoms with E-state index < -0.39 is 11.7 Å². The Kier molecular flexibility index (Phi) is 13.2. The number of guanidine groups is 2. The number of ether oxygens (including phenoxy) is 1. The first-order chi connectivity index (χ1) is 18.6. The van der Waals surface area contributed by atoms with Crippen LogP contribution in [0.2, 0.25) is 0 Å². The monoisotopic (exact) mass is 605 g/mol. The van der Waals surface area contributed by atoms with Gasteiger partial charge in [-0.05, 0) is 88.1 Å². The molecule has 2 aromatic rings. The van der Waals surface area contributed by atoms with Crippen molar-refractivity contribution in [3.8, 4) is 5.75 Å². The average Bonchev–Trinajstić information content (AvgIpc) is 2.89. The standard InChI is InChI=1S/C28H41BrFN7O2/c1-6-37(7-2)17-9-10-19(3)33-28(36(4)35-27(31)32)34-26(38)23-11-8-12-24(30)22(23)15-13-20-18-21(29)14-16-25(20)39-5/h8,11-12,14,16,18-19H,6-7,9-10,13,15,17H2,1-5H3,(H4,31,32,35)(H,33,34,38). The van der Waals surface area contributed by atoms with Crippen LogP contribution >= 0.6 is 15.9 Å². The maximum atomic E-state index is 15.0. The quantitative estimate of drug-likeness (QED) is 0.179. The van der Waals surface area contributed by atoms with Crippen molar-refractivity contribution in [2.45, 2.75) is 52.5 Å². The van der Waals surface area contributed by atoms with Crippen LogP contribution in [0.5, 0.6) is 5.75 Å². The van der Waals surface area contributed by atoms with Crippen molar-refractivity contribution in [1.29, 1.82) is 0 Å². The Balaban J connectivity index is 2.27. The Bertz CT molecular complexity index is 1150. The number of nitrogens with two attached hydrogens (primary N) is 2. The minimum Gasteiger partial charge on any atom is -0.496 e. The number of carbonyl (C=O) groups is 1. The lowest BCUT2D eigenvalue weighted by atomic mass is 9.98. The number of nitrogens with zero attached hydrogens (tertiary/aromatic N) is 4. The van der Waals surface area contributed by atoms with Crippen molar-refractivity contribution in [2.24, 2.45) is 21.6 Å². The molecule has 1 unspecified atom stereocenters. The van der Waals surface area contributed by atoms with Crippen molar-refractivity contribution in [3.63, 3.8) is 0 Å². The van der Waals surface area contributed by atoms with E-state index in [1.807, 2.05) is 25.1 Å². The molecular weight excluding hydrogens is 565 g/mol. The van der Waals surface area contributed by atoms with Crippen LogP contribution in [-0.2, 0) is 12.8 Å². The van der Waals surface area contributed by atoms with Crippen LogP contribution in [0.3, 0.4) is 0 Å². The average molecular weight is 607 g/mol. The fraction of sp³-hybridized carbons (Fsp3) is 0.464. The largest absolute Gasteiger partial charge is 0.496 e. The molecule has 0 aliphatic rings. The molecule has 0 bridgehead atoms. The van der Waals surface area contributed by atoms with Gasteiger partial charge in [-0.15, -0.1) is 5.10 Å². The summed E-state index contributed by atoms with van der Waals surface area (Å²) in [5.74, 6) is -0.269. The highest BCUT2D eigenvalue weighted by molar-refractivity contribution is 9.10. The lowest BCUT2D eigenvalue weighted by Gasteiger charge is -2.21. The van der Waals surface area contributed by atoms with Crippen molar-refractivity contribution < 1.29 is 13.9 Å². The number of hydrazone groups is 1. The molecule has 0 fully saturated rings. The van der Waals surface area contributed by atoms with Crippen LogP contribution in [0, 0.1) is 5.82 Å². The molecule has 0 saturated heterocycles.